The molecular formula is C49H53GeIrN3S-2. The van der Waals surface area contributed by atoms with Gasteiger partial charge in [0.1, 0.15) is 4.83 Å². The van der Waals surface area contributed by atoms with Crippen LogP contribution in [0.15, 0.2) is 109 Å². The third-order valence-electron chi connectivity index (χ3n) is 10.7. The summed E-state index contributed by atoms with van der Waals surface area (Å²) in [6.45, 7) is 10.7. The molecule has 0 bridgehead atoms. The van der Waals surface area contributed by atoms with Crippen LogP contribution in [0.1, 0.15) is 74.2 Å². The summed E-state index contributed by atoms with van der Waals surface area (Å²) in [5.74, 6) is 7.61. The normalized spacial score (nSPS) is 14.5. The average Bonchev–Trinajstić information content (AvgIpc) is 3.87. The van der Waals surface area contributed by atoms with E-state index >= 15 is 0 Å². The molecule has 6 heteroatoms. The number of hydrogen-bond donors (Lipinski definition) is 0. The second kappa shape index (κ2) is 16.9. The van der Waals surface area contributed by atoms with Gasteiger partial charge in [0.2, 0.25) is 0 Å². The van der Waals surface area contributed by atoms with E-state index in [0.29, 0.717) is 0 Å². The molecule has 0 unspecified atom stereocenters. The Kier molecular flexibility index (Phi) is 11.8. The molecule has 0 amide bonds. The molecule has 55 heavy (non-hydrogen) atoms. The standard InChI is InChI=1S/C30H27N2S.C19H26GeN.Ir/c1-30(2,22-10-6-7-11-22)23-16-17-31-27(19-23)21-12-15-28-25(18-21)24-13-14-26(32-29(24)33-28)20-8-4-3-5-9-20;1-19(2,3)13-16-12-18(15-10-8-7-9-11-15)21-14-17(16)20(4,5)6;/h3-5,8-9,13-19,22H,6-7,10-11H2,1-2H3;7-10,12,14H,13H2,1-6H3;/q2*-1;/i;13D2;. The monoisotopic (exact) mass is 984 g/mol. The minimum Gasteiger partial charge on any atom is 0 e. The van der Waals surface area contributed by atoms with Crippen LogP contribution in [-0.2, 0) is 31.9 Å². The van der Waals surface area contributed by atoms with Gasteiger partial charge in [0.25, 0.3) is 0 Å². The van der Waals surface area contributed by atoms with Crippen LogP contribution in [0.5, 0.6) is 0 Å². The van der Waals surface area contributed by atoms with Gasteiger partial charge in [-0.25, -0.2) is 4.98 Å². The third kappa shape index (κ3) is 9.56. The van der Waals surface area contributed by atoms with E-state index < -0.39 is 25.1 Å². The van der Waals surface area contributed by atoms with Crippen LogP contribution in [0, 0.1) is 23.5 Å². The Hall–Kier alpha value is -3.48. The first kappa shape index (κ1) is 38.4. The Balaban J connectivity index is 0.000000203. The van der Waals surface area contributed by atoms with E-state index in [1.807, 2.05) is 69.6 Å². The van der Waals surface area contributed by atoms with Crippen molar-refractivity contribution in [3.05, 3.63) is 133 Å². The zero-order chi connectivity index (χ0) is 39.9. The maximum Gasteiger partial charge on any atom is 0 e. The summed E-state index contributed by atoms with van der Waals surface area (Å²) in [5, 5.41) is 2.44. The zero-order valence-corrected chi connectivity index (χ0v) is 38.7. The van der Waals surface area contributed by atoms with Crippen molar-refractivity contribution in [3.8, 4) is 33.8 Å². The first-order chi connectivity index (χ1) is 26.5. The number of benzene rings is 3. The largest absolute Gasteiger partial charge is 0 e. The first-order valence-electron chi connectivity index (χ1n) is 20.3. The molecule has 0 aliphatic heterocycles. The maximum absolute atomic E-state index is 8.76. The molecule has 3 nitrogen and oxygen atoms in total. The van der Waals surface area contributed by atoms with Gasteiger partial charge < -0.3 is 4.98 Å². The molecule has 4 aromatic heterocycles. The fourth-order valence-electron chi connectivity index (χ4n) is 7.64. The maximum atomic E-state index is 8.76. The summed E-state index contributed by atoms with van der Waals surface area (Å²) in [7, 11) is 0. The number of thiophene rings is 1. The fourth-order valence-corrected chi connectivity index (χ4v) is 11.6. The number of fused-ring (bicyclic) bond motifs is 3. The molecule has 1 radical (unpaired) electrons. The van der Waals surface area contributed by atoms with Crippen molar-refractivity contribution < 1.29 is 22.8 Å². The average molecular weight is 983 g/mol. The quantitative estimate of drug-likeness (QED) is 0.118. The molecular weight excluding hydrogens is 927 g/mol. The fraction of sp³-hybridized carbons (Fsp3) is 0.327. The topological polar surface area (TPSA) is 38.7 Å². The second-order valence-electron chi connectivity index (χ2n) is 17.3. The van der Waals surface area contributed by atoms with Crippen molar-refractivity contribution in [2.45, 2.75) is 89.4 Å². The van der Waals surface area contributed by atoms with Gasteiger partial charge in [-0.15, -0.1) is 23.8 Å². The molecule has 1 fully saturated rings. The van der Waals surface area contributed by atoms with Crippen molar-refractivity contribution in [1.29, 1.82) is 0 Å². The zero-order valence-electron chi connectivity index (χ0n) is 35.4. The number of rotatable bonds is 7. The predicted octanol–water partition coefficient (Wildman–Crippen LogP) is 13.1. The first-order valence-corrected chi connectivity index (χ1v) is 27.5. The Morgan fingerprint density at radius 1 is 0.782 bits per heavy atom. The van der Waals surface area contributed by atoms with E-state index in [9.17, 15) is 0 Å². The Labute approximate surface area is 352 Å². The predicted molar refractivity (Wildman–Crippen MR) is 234 cm³/mol. The smallest absolute Gasteiger partial charge is 0 e. The van der Waals surface area contributed by atoms with Crippen LogP contribution in [-0.4, -0.2) is 28.2 Å². The summed E-state index contributed by atoms with van der Waals surface area (Å²) in [6, 6.07) is 39.9. The van der Waals surface area contributed by atoms with E-state index in [-0.39, 0.29) is 25.5 Å². The third-order valence-corrected chi connectivity index (χ3v) is 16.0. The molecule has 285 valence electrons. The summed E-state index contributed by atoms with van der Waals surface area (Å²) >= 11 is -0.505. The molecule has 1 aliphatic rings. The van der Waals surface area contributed by atoms with Crippen LogP contribution < -0.4 is 4.40 Å². The van der Waals surface area contributed by atoms with E-state index in [0.717, 1.165) is 54.5 Å². The minimum atomic E-state index is -2.24. The van der Waals surface area contributed by atoms with Crippen molar-refractivity contribution >= 4 is 49.3 Å². The van der Waals surface area contributed by atoms with Crippen LogP contribution in [0.4, 0.5) is 0 Å². The van der Waals surface area contributed by atoms with Crippen LogP contribution >= 0.6 is 11.3 Å². The van der Waals surface area contributed by atoms with Gasteiger partial charge >= 0.3 is 135 Å². The van der Waals surface area contributed by atoms with Gasteiger partial charge in [-0.2, -0.15) is 11.3 Å². The molecule has 3 aromatic carbocycles. The summed E-state index contributed by atoms with van der Waals surface area (Å²) in [4.78, 5) is 15.4. The molecule has 0 saturated heterocycles. The molecule has 0 atom stereocenters. The molecule has 8 rings (SSSR count). The summed E-state index contributed by atoms with van der Waals surface area (Å²) < 4.78 is 19.9. The molecule has 1 saturated carbocycles. The summed E-state index contributed by atoms with van der Waals surface area (Å²) in [5.41, 5.74) is 7.82. The number of aromatic nitrogens is 3. The van der Waals surface area contributed by atoms with Crippen LogP contribution in [0.2, 0.25) is 17.3 Å². The molecule has 1 aliphatic carbocycles. The molecule has 4 heterocycles. The molecule has 0 N–H and O–H groups in total. The van der Waals surface area contributed by atoms with Crippen molar-refractivity contribution in [1.82, 2.24) is 15.0 Å². The van der Waals surface area contributed by atoms with Gasteiger partial charge in [0.15, 0.2) is 0 Å². The van der Waals surface area contributed by atoms with E-state index in [4.69, 9.17) is 12.7 Å². The Morgan fingerprint density at radius 2 is 1.51 bits per heavy atom. The van der Waals surface area contributed by atoms with Crippen molar-refractivity contribution in [2.75, 3.05) is 0 Å². The van der Waals surface area contributed by atoms with Gasteiger partial charge in [0, 0.05) is 31.9 Å². The Bertz CT molecular complexity index is 2460. The second-order valence-corrected chi connectivity index (χ2v) is 28.9. The Morgan fingerprint density at radius 3 is 2.20 bits per heavy atom. The van der Waals surface area contributed by atoms with Gasteiger partial charge in [-0.05, 0) is 57.7 Å². The number of hydrogen-bond acceptors (Lipinski definition) is 4. The molecule has 0 spiro atoms. The van der Waals surface area contributed by atoms with Gasteiger partial charge in [-0.3, -0.25) is 0 Å². The van der Waals surface area contributed by atoms with Gasteiger partial charge in [0.05, 0.1) is 5.69 Å². The van der Waals surface area contributed by atoms with E-state index in [1.54, 1.807) is 11.3 Å². The van der Waals surface area contributed by atoms with E-state index in [1.165, 1.54) is 46.7 Å². The van der Waals surface area contributed by atoms with Gasteiger partial charge in [-0.1, -0.05) is 74.5 Å². The van der Waals surface area contributed by atoms with Crippen molar-refractivity contribution in [3.63, 3.8) is 0 Å². The van der Waals surface area contributed by atoms with Crippen molar-refractivity contribution in [2.24, 2.45) is 11.3 Å². The number of nitrogens with zero attached hydrogens (tertiary/aromatic N) is 3. The number of pyridine rings is 3. The SMILES string of the molecule is CC(C)(c1ccnc(-c2[c-]cc3sc4nc(-c5ccccc5)ccc4c3c2)c1)C1CCCC1.[2H]C([2H])(c1cc(-c2[c-]cccc2)nc[c]1[Ge]([CH3])([CH3])[CH3])C(C)(C)C.[Ir]. The minimum absolute atomic E-state index is 0. The molecule has 7 aromatic rings. The summed E-state index contributed by atoms with van der Waals surface area (Å²) in [6.07, 6.45) is 7.87. The van der Waals surface area contributed by atoms with Crippen LogP contribution in [0.25, 0.3) is 54.1 Å². The van der Waals surface area contributed by atoms with Crippen LogP contribution in [0.3, 0.4) is 0 Å². The van der Waals surface area contributed by atoms with E-state index in [2.05, 4.69) is 109 Å².